The van der Waals surface area contributed by atoms with E-state index in [4.69, 9.17) is 5.84 Å². The molecule has 0 saturated carbocycles. The normalized spacial score (nSPS) is 10.4. The molecular weight excluding hydrogens is 230 g/mol. The minimum absolute atomic E-state index is 0.589. The van der Waals surface area contributed by atoms with Crippen LogP contribution in [0.2, 0.25) is 0 Å². The van der Waals surface area contributed by atoms with E-state index in [1.54, 1.807) is 10.7 Å². The van der Waals surface area contributed by atoms with Crippen LogP contribution >= 0.6 is 0 Å². The Hall–Kier alpha value is -2.15. The van der Waals surface area contributed by atoms with Gasteiger partial charge in [0, 0.05) is 25.7 Å². The van der Waals surface area contributed by atoms with Gasteiger partial charge in [-0.2, -0.15) is 5.10 Å². The number of nitrogens with one attached hydrogen (secondary N) is 2. The summed E-state index contributed by atoms with van der Waals surface area (Å²) >= 11 is 0. The van der Waals surface area contributed by atoms with Crippen LogP contribution < -0.4 is 16.6 Å². The van der Waals surface area contributed by atoms with Gasteiger partial charge in [-0.1, -0.05) is 6.92 Å². The van der Waals surface area contributed by atoms with Crippen LogP contribution in [0.3, 0.4) is 0 Å². The molecule has 7 heteroatoms. The predicted molar refractivity (Wildman–Crippen MR) is 70.4 cm³/mol. The lowest BCUT2D eigenvalue weighted by Gasteiger charge is -2.08. The van der Waals surface area contributed by atoms with Gasteiger partial charge in [-0.15, -0.1) is 0 Å². The molecule has 0 amide bonds. The number of hydrogen-bond acceptors (Lipinski definition) is 6. The molecule has 2 aromatic heterocycles. The Kier molecular flexibility index (Phi) is 3.42. The number of nitrogens with zero attached hydrogens (tertiary/aromatic N) is 4. The molecule has 0 saturated heterocycles. The van der Waals surface area contributed by atoms with Crippen molar-refractivity contribution in [1.29, 1.82) is 0 Å². The summed E-state index contributed by atoms with van der Waals surface area (Å²) in [7, 11) is 1.88. The molecule has 7 nitrogen and oxygen atoms in total. The smallest absolute Gasteiger partial charge is 0.145 e. The minimum Gasteiger partial charge on any atom is -0.337 e. The van der Waals surface area contributed by atoms with Gasteiger partial charge in [0.2, 0.25) is 0 Å². The number of hydrogen-bond donors (Lipinski definition) is 3. The van der Waals surface area contributed by atoms with Gasteiger partial charge in [0.05, 0.1) is 11.4 Å². The van der Waals surface area contributed by atoms with E-state index in [1.165, 1.54) is 0 Å². The van der Waals surface area contributed by atoms with Crippen molar-refractivity contribution < 1.29 is 0 Å². The van der Waals surface area contributed by atoms with E-state index >= 15 is 0 Å². The van der Waals surface area contributed by atoms with E-state index < -0.39 is 0 Å². The third-order valence-corrected chi connectivity index (χ3v) is 2.51. The average Bonchev–Trinajstić information content (AvgIpc) is 2.67. The highest BCUT2D eigenvalue weighted by molar-refractivity contribution is 5.60. The number of anilines is 3. The maximum atomic E-state index is 5.39. The lowest BCUT2D eigenvalue weighted by atomic mass is 10.3. The van der Waals surface area contributed by atoms with Gasteiger partial charge >= 0.3 is 0 Å². The van der Waals surface area contributed by atoms with Crippen molar-refractivity contribution >= 4 is 17.3 Å². The van der Waals surface area contributed by atoms with Gasteiger partial charge in [-0.05, 0) is 6.92 Å². The van der Waals surface area contributed by atoms with E-state index in [0.29, 0.717) is 11.6 Å². The predicted octanol–water partition coefficient (Wildman–Crippen LogP) is 1.11. The molecule has 18 heavy (non-hydrogen) atoms. The van der Waals surface area contributed by atoms with Crippen LogP contribution in [0.5, 0.6) is 0 Å². The zero-order valence-electron chi connectivity index (χ0n) is 10.7. The molecule has 0 aliphatic heterocycles. The number of hydrazine groups is 1. The standard InChI is InChI=1S/C11H17N7/c1-4-9-14-10(5-11(15-9)16-12)13-8-6-18(3)17-7(8)2/h5-6H,4,12H2,1-3H3,(H2,13,14,15,16). The second-order valence-corrected chi connectivity index (χ2v) is 3.98. The van der Waals surface area contributed by atoms with Gasteiger partial charge in [0.1, 0.15) is 17.5 Å². The van der Waals surface area contributed by atoms with E-state index in [2.05, 4.69) is 25.8 Å². The van der Waals surface area contributed by atoms with Crippen molar-refractivity contribution in [3.05, 3.63) is 23.8 Å². The van der Waals surface area contributed by atoms with Gasteiger partial charge in [0.25, 0.3) is 0 Å². The molecule has 0 aromatic carbocycles. The van der Waals surface area contributed by atoms with Gasteiger partial charge < -0.3 is 10.7 Å². The summed E-state index contributed by atoms with van der Waals surface area (Å²) < 4.78 is 1.75. The van der Waals surface area contributed by atoms with Gasteiger partial charge in [0.15, 0.2) is 0 Å². The first-order chi connectivity index (χ1) is 8.62. The van der Waals surface area contributed by atoms with E-state index in [1.807, 2.05) is 27.1 Å². The number of nitrogen functional groups attached to an aromatic ring is 1. The molecule has 2 aromatic rings. The summed E-state index contributed by atoms with van der Waals surface area (Å²) in [6.45, 7) is 3.93. The first-order valence-electron chi connectivity index (χ1n) is 5.74. The molecule has 96 valence electrons. The summed E-state index contributed by atoms with van der Waals surface area (Å²) in [6, 6.07) is 1.76. The van der Waals surface area contributed by atoms with Crippen LogP contribution in [0.1, 0.15) is 18.4 Å². The molecule has 2 rings (SSSR count). The van der Waals surface area contributed by atoms with Crippen molar-refractivity contribution in [3.8, 4) is 0 Å². The molecule has 0 radical (unpaired) electrons. The molecule has 0 aliphatic rings. The zero-order valence-corrected chi connectivity index (χ0v) is 10.7. The summed E-state index contributed by atoms with van der Waals surface area (Å²) in [5.74, 6) is 7.40. The topological polar surface area (TPSA) is 93.7 Å². The molecule has 4 N–H and O–H groups in total. The monoisotopic (exact) mass is 247 g/mol. The average molecular weight is 247 g/mol. The molecular formula is C11H17N7. The molecule has 0 fully saturated rings. The number of nitrogens with two attached hydrogens (primary N) is 1. The van der Waals surface area contributed by atoms with Crippen LogP contribution in [0.4, 0.5) is 17.3 Å². The van der Waals surface area contributed by atoms with E-state index in [9.17, 15) is 0 Å². The van der Waals surface area contributed by atoms with Crippen molar-refractivity contribution in [1.82, 2.24) is 19.7 Å². The Morgan fingerprint density at radius 3 is 2.61 bits per heavy atom. The highest BCUT2D eigenvalue weighted by Crippen LogP contribution is 2.19. The molecule has 2 heterocycles. The Labute approximate surface area is 105 Å². The third kappa shape index (κ3) is 2.57. The molecule has 0 spiro atoms. The molecule has 0 unspecified atom stereocenters. The van der Waals surface area contributed by atoms with E-state index in [0.717, 1.165) is 23.6 Å². The largest absolute Gasteiger partial charge is 0.337 e. The van der Waals surface area contributed by atoms with Crippen molar-refractivity contribution in [2.24, 2.45) is 12.9 Å². The Morgan fingerprint density at radius 1 is 1.33 bits per heavy atom. The van der Waals surface area contributed by atoms with Gasteiger partial charge in [-0.25, -0.2) is 15.8 Å². The number of aryl methyl sites for hydroxylation is 3. The summed E-state index contributed by atoms with van der Waals surface area (Å²) in [5.41, 5.74) is 4.37. The lowest BCUT2D eigenvalue weighted by Crippen LogP contribution is -2.11. The van der Waals surface area contributed by atoms with Crippen molar-refractivity contribution in [2.75, 3.05) is 10.7 Å². The molecule has 0 bridgehead atoms. The zero-order chi connectivity index (χ0) is 13.1. The maximum absolute atomic E-state index is 5.39. The lowest BCUT2D eigenvalue weighted by molar-refractivity contribution is 0.756. The number of aromatic nitrogens is 4. The van der Waals surface area contributed by atoms with Crippen LogP contribution in [0.25, 0.3) is 0 Å². The maximum Gasteiger partial charge on any atom is 0.145 e. The first kappa shape index (κ1) is 12.3. The van der Waals surface area contributed by atoms with E-state index in [-0.39, 0.29) is 0 Å². The Morgan fingerprint density at radius 2 is 2.06 bits per heavy atom. The number of rotatable bonds is 4. The minimum atomic E-state index is 0.589. The quantitative estimate of drug-likeness (QED) is 0.553. The first-order valence-corrected chi connectivity index (χ1v) is 5.74. The highest BCUT2D eigenvalue weighted by Gasteiger charge is 2.07. The second kappa shape index (κ2) is 5.01. The van der Waals surface area contributed by atoms with Crippen LogP contribution in [0, 0.1) is 6.92 Å². The van der Waals surface area contributed by atoms with Crippen LogP contribution in [-0.4, -0.2) is 19.7 Å². The van der Waals surface area contributed by atoms with Crippen LogP contribution in [-0.2, 0) is 13.5 Å². The highest BCUT2D eigenvalue weighted by atomic mass is 15.3. The van der Waals surface area contributed by atoms with Gasteiger partial charge in [-0.3, -0.25) is 4.68 Å². The fraction of sp³-hybridized carbons (Fsp3) is 0.364. The summed E-state index contributed by atoms with van der Waals surface area (Å²) in [6.07, 6.45) is 2.65. The summed E-state index contributed by atoms with van der Waals surface area (Å²) in [5, 5.41) is 7.48. The Bertz CT molecular complexity index is 524. The third-order valence-electron chi connectivity index (χ3n) is 2.51. The second-order valence-electron chi connectivity index (χ2n) is 3.98. The van der Waals surface area contributed by atoms with Crippen LogP contribution in [0.15, 0.2) is 12.3 Å². The fourth-order valence-corrected chi connectivity index (χ4v) is 1.65. The Balaban J connectivity index is 2.30. The fourth-order valence-electron chi connectivity index (χ4n) is 1.65. The molecule has 0 aliphatic carbocycles. The summed E-state index contributed by atoms with van der Waals surface area (Å²) in [4.78, 5) is 8.62. The van der Waals surface area contributed by atoms with Crippen molar-refractivity contribution in [3.63, 3.8) is 0 Å². The van der Waals surface area contributed by atoms with Crippen molar-refractivity contribution in [2.45, 2.75) is 20.3 Å². The SMILES string of the molecule is CCc1nc(NN)cc(Nc2cn(C)nc2C)n1. The molecule has 0 atom stereocenters.